The van der Waals surface area contributed by atoms with E-state index in [1.54, 1.807) is 6.07 Å². The number of hydrogen-bond donors (Lipinski definition) is 4. The van der Waals surface area contributed by atoms with Crippen molar-refractivity contribution in [2.45, 2.75) is 50.9 Å². The average molecular weight is 325 g/mol. The molecule has 0 radical (unpaired) electrons. The fraction of sp³-hybridized carbons (Fsp3) is 0.562. The lowest BCUT2D eigenvalue weighted by Gasteiger charge is -2.42. The highest BCUT2D eigenvalue weighted by Crippen LogP contribution is 2.25. The van der Waals surface area contributed by atoms with Crippen LogP contribution in [0.2, 0.25) is 0 Å². The van der Waals surface area contributed by atoms with Gasteiger partial charge in [-0.2, -0.15) is 0 Å². The molecule has 1 saturated heterocycles. The highest BCUT2D eigenvalue weighted by Gasteiger charge is 2.46. The molecule has 0 aromatic heterocycles. The minimum Gasteiger partial charge on any atom is -0.463 e. The lowest BCUT2D eigenvalue weighted by Crippen LogP contribution is -2.65. The number of nitrogens with one attached hydrogen (secondary N) is 1. The Labute approximate surface area is 134 Å². The molecule has 5 atom stereocenters. The van der Waals surface area contributed by atoms with Gasteiger partial charge in [0.25, 0.3) is 0 Å². The third-order valence-corrected chi connectivity index (χ3v) is 3.81. The molecular formula is C16H23NO6. The molecule has 0 aliphatic carbocycles. The van der Waals surface area contributed by atoms with Gasteiger partial charge in [0.15, 0.2) is 0 Å². The van der Waals surface area contributed by atoms with Gasteiger partial charge in [-0.25, -0.2) is 0 Å². The van der Waals surface area contributed by atoms with Gasteiger partial charge in [0.2, 0.25) is 12.2 Å². The number of amides is 1. The van der Waals surface area contributed by atoms with Crippen molar-refractivity contribution in [3.05, 3.63) is 29.8 Å². The van der Waals surface area contributed by atoms with Crippen molar-refractivity contribution in [1.29, 1.82) is 0 Å². The molecule has 128 valence electrons. The van der Waals surface area contributed by atoms with Crippen molar-refractivity contribution in [3.63, 3.8) is 0 Å². The van der Waals surface area contributed by atoms with Crippen LogP contribution in [0.1, 0.15) is 19.4 Å². The Bertz CT molecular complexity index is 537. The van der Waals surface area contributed by atoms with Gasteiger partial charge < -0.3 is 30.1 Å². The molecule has 7 nitrogen and oxygen atoms in total. The highest BCUT2D eigenvalue weighted by atomic mass is 16.7. The molecule has 0 saturated carbocycles. The van der Waals surface area contributed by atoms with E-state index in [1.165, 1.54) is 6.92 Å². The van der Waals surface area contributed by atoms with Gasteiger partial charge in [0.05, 0.1) is 6.61 Å². The van der Waals surface area contributed by atoms with E-state index in [0.717, 1.165) is 12.0 Å². The normalized spacial score (nSPS) is 30.7. The Morgan fingerprint density at radius 1 is 1.35 bits per heavy atom. The maximum Gasteiger partial charge on any atom is 0.223 e. The van der Waals surface area contributed by atoms with Crippen LogP contribution in [0.3, 0.4) is 0 Å². The van der Waals surface area contributed by atoms with Gasteiger partial charge in [-0.15, -0.1) is 0 Å². The van der Waals surface area contributed by atoms with Crippen LogP contribution in [0.15, 0.2) is 24.3 Å². The number of hydrogen-bond acceptors (Lipinski definition) is 6. The number of ether oxygens (including phenoxy) is 2. The predicted octanol–water partition coefficient (Wildman–Crippen LogP) is -0.429. The summed E-state index contributed by atoms with van der Waals surface area (Å²) in [6.45, 7) is 2.84. The smallest absolute Gasteiger partial charge is 0.223 e. The summed E-state index contributed by atoms with van der Waals surface area (Å²) < 4.78 is 11.3. The molecule has 2 rings (SSSR count). The molecule has 1 aliphatic rings. The lowest BCUT2D eigenvalue weighted by molar-refractivity contribution is -0.244. The van der Waals surface area contributed by atoms with E-state index in [4.69, 9.17) is 9.47 Å². The third kappa shape index (κ3) is 4.20. The SMILES string of the molecule is CCc1cccc(O[C@@H]2O[C@@H](CO)[C@@H](O)[C@@H](O)[C@@H]2NC(C)=O)c1. The number of rotatable bonds is 5. The Morgan fingerprint density at radius 2 is 2.09 bits per heavy atom. The van der Waals surface area contributed by atoms with Crippen LogP contribution in [0, 0.1) is 0 Å². The van der Waals surface area contributed by atoms with Crippen molar-refractivity contribution in [2.24, 2.45) is 0 Å². The number of aryl methyl sites for hydroxylation is 1. The fourth-order valence-corrected chi connectivity index (χ4v) is 2.54. The maximum absolute atomic E-state index is 11.3. The Morgan fingerprint density at radius 3 is 2.70 bits per heavy atom. The summed E-state index contributed by atoms with van der Waals surface area (Å²) in [6.07, 6.45) is -3.82. The largest absolute Gasteiger partial charge is 0.463 e. The molecule has 1 heterocycles. The lowest BCUT2D eigenvalue weighted by atomic mass is 9.97. The molecule has 1 aromatic rings. The molecule has 0 unspecified atom stereocenters. The summed E-state index contributed by atoms with van der Waals surface area (Å²) in [5.41, 5.74) is 1.06. The van der Waals surface area contributed by atoms with Gasteiger partial charge >= 0.3 is 0 Å². The Kier molecular flexibility index (Phi) is 5.95. The van der Waals surface area contributed by atoms with E-state index in [-0.39, 0.29) is 5.91 Å². The van der Waals surface area contributed by atoms with Crippen molar-refractivity contribution in [2.75, 3.05) is 6.61 Å². The molecule has 0 bridgehead atoms. The van der Waals surface area contributed by atoms with Crippen LogP contribution in [0.25, 0.3) is 0 Å². The maximum atomic E-state index is 11.3. The van der Waals surface area contributed by atoms with E-state index in [9.17, 15) is 20.1 Å². The monoisotopic (exact) mass is 325 g/mol. The minimum atomic E-state index is -1.32. The molecule has 0 spiro atoms. The van der Waals surface area contributed by atoms with Crippen molar-refractivity contribution in [3.8, 4) is 5.75 Å². The van der Waals surface area contributed by atoms with Crippen LogP contribution in [-0.4, -0.2) is 58.5 Å². The second kappa shape index (κ2) is 7.74. The molecule has 1 fully saturated rings. The number of carbonyl (C=O) groups excluding carboxylic acids is 1. The zero-order chi connectivity index (χ0) is 17.0. The van der Waals surface area contributed by atoms with Crippen LogP contribution in [0.5, 0.6) is 5.75 Å². The summed E-state index contributed by atoms with van der Waals surface area (Å²) in [4.78, 5) is 11.3. The Hall–Kier alpha value is -1.67. The molecule has 1 aliphatic heterocycles. The molecule has 1 aromatic carbocycles. The van der Waals surface area contributed by atoms with E-state index >= 15 is 0 Å². The standard InChI is InChI=1S/C16H23NO6/c1-3-10-5-4-6-11(7-10)22-16-13(17-9(2)19)15(21)14(20)12(8-18)23-16/h4-7,12-16,18,20-21H,3,8H2,1-2H3,(H,17,19)/t12-,13-,14+,15-,16+/m0/s1. The van der Waals surface area contributed by atoms with Crippen molar-refractivity contribution < 1.29 is 29.6 Å². The summed E-state index contributed by atoms with van der Waals surface area (Å²) in [5.74, 6) is 0.133. The summed E-state index contributed by atoms with van der Waals surface area (Å²) in [7, 11) is 0. The van der Waals surface area contributed by atoms with E-state index in [1.807, 2.05) is 25.1 Å². The summed E-state index contributed by atoms with van der Waals surface area (Å²) >= 11 is 0. The first kappa shape index (κ1) is 17.7. The second-order valence-corrected chi connectivity index (χ2v) is 5.55. The molecular weight excluding hydrogens is 302 g/mol. The number of carbonyl (C=O) groups is 1. The average Bonchev–Trinajstić information content (AvgIpc) is 2.54. The predicted molar refractivity (Wildman–Crippen MR) is 81.8 cm³/mol. The van der Waals surface area contributed by atoms with Gasteiger partial charge in [-0.1, -0.05) is 19.1 Å². The van der Waals surface area contributed by atoms with Crippen molar-refractivity contribution in [1.82, 2.24) is 5.32 Å². The van der Waals surface area contributed by atoms with Gasteiger partial charge in [-0.3, -0.25) is 4.79 Å². The second-order valence-electron chi connectivity index (χ2n) is 5.55. The highest BCUT2D eigenvalue weighted by molar-refractivity contribution is 5.73. The molecule has 7 heteroatoms. The summed E-state index contributed by atoms with van der Waals surface area (Å²) in [6, 6.07) is 6.41. The number of benzene rings is 1. The van der Waals surface area contributed by atoms with Gasteiger partial charge in [0, 0.05) is 6.92 Å². The van der Waals surface area contributed by atoms with Gasteiger partial charge in [-0.05, 0) is 24.1 Å². The zero-order valence-corrected chi connectivity index (χ0v) is 13.2. The molecule has 1 amide bonds. The quantitative estimate of drug-likeness (QED) is 0.585. The minimum absolute atomic E-state index is 0.386. The van der Waals surface area contributed by atoms with E-state index < -0.39 is 37.3 Å². The van der Waals surface area contributed by atoms with E-state index in [0.29, 0.717) is 5.75 Å². The number of aliphatic hydroxyl groups excluding tert-OH is 3. The number of aliphatic hydroxyl groups is 3. The first-order valence-electron chi connectivity index (χ1n) is 7.61. The zero-order valence-electron chi connectivity index (χ0n) is 13.2. The van der Waals surface area contributed by atoms with Crippen LogP contribution in [-0.2, 0) is 16.0 Å². The Balaban J connectivity index is 2.21. The topological polar surface area (TPSA) is 108 Å². The van der Waals surface area contributed by atoms with Crippen LogP contribution >= 0.6 is 0 Å². The van der Waals surface area contributed by atoms with Crippen LogP contribution in [0.4, 0.5) is 0 Å². The third-order valence-electron chi connectivity index (χ3n) is 3.81. The first-order chi connectivity index (χ1) is 11.0. The van der Waals surface area contributed by atoms with Crippen LogP contribution < -0.4 is 10.1 Å². The molecule has 23 heavy (non-hydrogen) atoms. The first-order valence-corrected chi connectivity index (χ1v) is 7.61. The molecule has 4 N–H and O–H groups in total. The summed E-state index contributed by atoms with van der Waals surface area (Å²) in [5, 5.41) is 31.9. The fourth-order valence-electron chi connectivity index (χ4n) is 2.54. The van der Waals surface area contributed by atoms with E-state index in [2.05, 4.69) is 5.32 Å². The van der Waals surface area contributed by atoms with Crippen molar-refractivity contribution >= 4 is 5.91 Å². The van der Waals surface area contributed by atoms with Gasteiger partial charge in [0.1, 0.15) is 30.1 Å².